The van der Waals surface area contributed by atoms with Crippen LogP contribution in [0, 0.1) is 5.82 Å². The summed E-state index contributed by atoms with van der Waals surface area (Å²) < 4.78 is 16.3. The van der Waals surface area contributed by atoms with Gasteiger partial charge in [0.2, 0.25) is 5.91 Å². The molecule has 0 fully saturated rings. The van der Waals surface area contributed by atoms with E-state index in [2.05, 4.69) is 16.9 Å². The molecule has 0 saturated heterocycles. The molecule has 0 aliphatic rings. The number of nitrogens with one attached hydrogen (secondary N) is 1. The van der Waals surface area contributed by atoms with E-state index in [9.17, 15) is 9.18 Å². The van der Waals surface area contributed by atoms with Crippen LogP contribution in [0.3, 0.4) is 0 Å². The molecule has 1 aromatic heterocycles. The molecule has 140 valence electrons. The molecule has 3 rings (SSSR count). The Kier molecular flexibility index (Phi) is 5.91. The second-order valence-corrected chi connectivity index (χ2v) is 6.85. The number of aromatic nitrogens is 2. The molecule has 4 nitrogen and oxygen atoms in total. The first kappa shape index (κ1) is 19.1. The first-order valence-electron chi connectivity index (χ1n) is 8.78. The first-order valence-corrected chi connectivity index (χ1v) is 9.16. The molecule has 1 heterocycles. The van der Waals surface area contributed by atoms with Crippen molar-refractivity contribution in [3.8, 4) is 0 Å². The third-order valence-corrected chi connectivity index (χ3v) is 4.72. The summed E-state index contributed by atoms with van der Waals surface area (Å²) in [6.07, 6.45) is 1.37. The van der Waals surface area contributed by atoms with Gasteiger partial charge in [-0.2, -0.15) is 0 Å². The summed E-state index contributed by atoms with van der Waals surface area (Å²) in [5, 5.41) is 3.21. The van der Waals surface area contributed by atoms with Crippen LogP contribution in [0.15, 0.2) is 54.6 Å². The van der Waals surface area contributed by atoms with Gasteiger partial charge in [0, 0.05) is 29.1 Å². The molecule has 0 aliphatic heterocycles. The van der Waals surface area contributed by atoms with E-state index < -0.39 is 0 Å². The second-order valence-electron chi connectivity index (χ2n) is 6.44. The van der Waals surface area contributed by atoms with E-state index in [0.717, 1.165) is 16.9 Å². The topological polar surface area (TPSA) is 46.9 Å². The third-order valence-electron chi connectivity index (χ3n) is 4.36. The van der Waals surface area contributed by atoms with Gasteiger partial charge in [-0.05, 0) is 37.6 Å². The minimum atomic E-state index is -0.333. The number of aryl methyl sites for hydroxylation is 1. The van der Waals surface area contributed by atoms with Crippen molar-refractivity contribution < 1.29 is 9.18 Å². The maximum Gasteiger partial charge on any atom is 0.246 e. The second kappa shape index (κ2) is 8.35. The summed E-state index contributed by atoms with van der Waals surface area (Å²) in [7, 11) is 0. The zero-order valence-electron chi connectivity index (χ0n) is 15.1. The Hall–Kier alpha value is -2.66. The van der Waals surface area contributed by atoms with Crippen LogP contribution >= 0.6 is 11.6 Å². The summed E-state index contributed by atoms with van der Waals surface area (Å²) >= 11 is 6.21. The fourth-order valence-electron chi connectivity index (χ4n) is 2.93. The molecule has 3 aromatic rings. The van der Waals surface area contributed by atoms with Gasteiger partial charge < -0.3 is 9.88 Å². The highest BCUT2D eigenvalue weighted by Crippen LogP contribution is 2.24. The summed E-state index contributed by atoms with van der Waals surface area (Å²) in [6.45, 7) is 6.12. The van der Waals surface area contributed by atoms with Gasteiger partial charge >= 0.3 is 0 Å². The van der Waals surface area contributed by atoms with Gasteiger partial charge in [-0.1, -0.05) is 36.4 Å². The lowest BCUT2D eigenvalue weighted by molar-refractivity contribution is -0.117. The van der Waals surface area contributed by atoms with Crippen molar-refractivity contribution in [3.05, 3.63) is 76.8 Å². The number of carbonyl (C=O) groups is 1. The molecule has 0 spiro atoms. The highest BCUT2D eigenvalue weighted by molar-refractivity contribution is 6.31. The first-order chi connectivity index (χ1) is 13.0. The fraction of sp³-hybridized carbons (Fsp3) is 0.238. The molecule has 0 unspecified atom stereocenters. The molecular weight excluding hydrogens is 365 g/mol. The molecule has 0 atom stereocenters. The number of hydrogen-bond acceptors (Lipinski definition) is 2. The van der Waals surface area contributed by atoms with E-state index >= 15 is 0 Å². The monoisotopic (exact) mass is 385 g/mol. The average molecular weight is 386 g/mol. The van der Waals surface area contributed by atoms with Crippen molar-refractivity contribution >= 4 is 28.5 Å². The molecular formula is C21H21ClFN3O. The molecule has 0 saturated carbocycles. The molecule has 6 heteroatoms. The minimum absolute atomic E-state index is 0.151. The van der Waals surface area contributed by atoms with Gasteiger partial charge in [0.1, 0.15) is 11.6 Å². The van der Waals surface area contributed by atoms with Crippen LogP contribution in [0.2, 0.25) is 5.02 Å². The van der Waals surface area contributed by atoms with Gasteiger partial charge in [-0.3, -0.25) is 4.79 Å². The van der Waals surface area contributed by atoms with Crippen molar-refractivity contribution in [3.63, 3.8) is 0 Å². The lowest BCUT2D eigenvalue weighted by Crippen LogP contribution is -2.25. The molecule has 27 heavy (non-hydrogen) atoms. The molecule has 1 N–H and O–H groups in total. The zero-order valence-corrected chi connectivity index (χ0v) is 15.9. The van der Waals surface area contributed by atoms with Crippen LogP contribution in [-0.4, -0.2) is 22.0 Å². The molecule has 1 amide bonds. The van der Waals surface area contributed by atoms with E-state index in [0.29, 0.717) is 42.1 Å². The standard InChI is InChI=1S/C21H21ClFN3O/c1-14(2)21(27)24-12-6-11-20-25-18-9-3-4-10-19(18)26(20)13-15-16(22)7-5-8-17(15)23/h3-5,7-10H,1,6,11-13H2,2H3,(H,24,27). The summed E-state index contributed by atoms with van der Waals surface area (Å²) in [4.78, 5) is 16.3. The quantitative estimate of drug-likeness (QED) is 0.480. The van der Waals surface area contributed by atoms with Crippen molar-refractivity contribution in [2.45, 2.75) is 26.3 Å². The van der Waals surface area contributed by atoms with Crippen LogP contribution in [0.5, 0.6) is 0 Å². The summed E-state index contributed by atoms with van der Waals surface area (Å²) in [6, 6.07) is 12.4. The highest BCUT2D eigenvalue weighted by Gasteiger charge is 2.14. The summed E-state index contributed by atoms with van der Waals surface area (Å²) in [5.41, 5.74) is 2.71. The molecule has 0 radical (unpaired) electrons. The van der Waals surface area contributed by atoms with Crippen molar-refractivity contribution in [2.75, 3.05) is 6.54 Å². The zero-order chi connectivity index (χ0) is 19.4. The van der Waals surface area contributed by atoms with Crippen LogP contribution in [0.4, 0.5) is 4.39 Å². The van der Waals surface area contributed by atoms with Crippen LogP contribution in [0.25, 0.3) is 11.0 Å². The lowest BCUT2D eigenvalue weighted by atomic mass is 10.2. The summed E-state index contributed by atoms with van der Waals surface area (Å²) in [5.74, 6) is 0.349. The maximum absolute atomic E-state index is 14.3. The number of imidazole rings is 1. The van der Waals surface area contributed by atoms with Gasteiger partial charge in [-0.25, -0.2) is 9.37 Å². The number of fused-ring (bicyclic) bond motifs is 1. The number of hydrogen-bond donors (Lipinski definition) is 1. The van der Waals surface area contributed by atoms with Crippen molar-refractivity contribution in [1.29, 1.82) is 0 Å². The minimum Gasteiger partial charge on any atom is -0.352 e. The van der Waals surface area contributed by atoms with Gasteiger partial charge in [0.15, 0.2) is 0 Å². The van der Waals surface area contributed by atoms with E-state index in [1.807, 2.05) is 28.8 Å². The van der Waals surface area contributed by atoms with E-state index in [4.69, 9.17) is 11.6 Å². The number of amides is 1. The fourth-order valence-corrected chi connectivity index (χ4v) is 3.16. The number of nitrogens with zero attached hydrogens (tertiary/aromatic N) is 2. The van der Waals surface area contributed by atoms with Crippen LogP contribution < -0.4 is 5.32 Å². The average Bonchev–Trinajstić information content (AvgIpc) is 2.99. The van der Waals surface area contributed by atoms with Crippen LogP contribution in [-0.2, 0) is 17.8 Å². The number of benzene rings is 2. The Labute approximate surface area is 162 Å². The van der Waals surface area contributed by atoms with Gasteiger partial charge in [0.25, 0.3) is 0 Å². The predicted molar refractivity (Wildman–Crippen MR) is 106 cm³/mol. The Balaban J connectivity index is 1.84. The largest absolute Gasteiger partial charge is 0.352 e. The molecule has 0 bridgehead atoms. The van der Waals surface area contributed by atoms with Crippen molar-refractivity contribution in [1.82, 2.24) is 14.9 Å². The molecule has 2 aromatic carbocycles. The Morgan fingerprint density at radius 3 is 2.78 bits per heavy atom. The van der Waals surface area contributed by atoms with Crippen molar-refractivity contribution in [2.24, 2.45) is 0 Å². The van der Waals surface area contributed by atoms with E-state index in [1.54, 1.807) is 19.1 Å². The highest BCUT2D eigenvalue weighted by atomic mass is 35.5. The van der Waals surface area contributed by atoms with E-state index in [-0.39, 0.29) is 11.7 Å². The maximum atomic E-state index is 14.3. The van der Waals surface area contributed by atoms with E-state index in [1.165, 1.54) is 6.07 Å². The predicted octanol–water partition coefficient (Wildman–Crippen LogP) is 4.50. The number of para-hydroxylation sites is 2. The van der Waals surface area contributed by atoms with Gasteiger partial charge in [0.05, 0.1) is 17.6 Å². The number of rotatable bonds is 7. The number of carbonyl (C=O) groups excluding carboxylic acids is 1. The Morgan fingerprint density at radius 2 is 2.04 bits per heavy atom. The third kappa shape index (κ3) is 4.37. The smallest absolute Gasteiger partial charge is 0.246 e. The molecule has 0 aliphatic carbocycles. The van der Waals surface area contributed by atoms with Gasteiger partial charge in [-0.15, -0.1) is 0 Å². The number of halogens is 2. The van der Waals surface area contributed by atoms with Crippen LogP contribution in [0.1, 0.15) is 24.7 Å². The Morgan fingerprint density at radius 1 is 1.26 bits per heavy atom. The lowest BCUT2D eigenvalue weighted by Gasteiger charge is -2.12. The SMILES string of the molecule is C=C(C)C(=O)NCCCc1nc2ccccc2n1Cc1c(F)cccc1Cl. The normalized spacial score (nSPS) is 10.9. The Bertz CT molecular complexity index is 976.